The molecule has 0 aliphatic heterocycles. The fraction of sp³-hybridized carbons (Fsp3) is 0.417. The molecule has 92 valence electrons. The highest BCUT2D eigenvalue weighted by molar-refractivity contribution is 14.1. The van der Waals surface area contributed by atoms with Crippen LogP contribution in [-0.2, 0) is 0 Å². The summed E-state index contributed by atoms with van der Waals surface area (Å²) in [5.41, 5.74) is 0.526. The minimum Gasteiger partial charge on any atom is -0.391 e. The summed E-state index contributed by atoms with van der Waals surface area (Å²) in [6.07, 6.45) is 1.71. The molecule has 2 N–H and O–H groups in total. The molecular weight excluding hydrogens is 352 g/mol. The van der Waals surface area contributed by atoms with Gasteiger partial charge in [-0.05, 0) is 59.5 Å². The summed E-state index contributed by atoms with van der Waals surface area (Å²) >= 11 is 8.05. The van der Waals surface area contributed by atoms with Crippen molar-refractivity contribution in [1.82, 2.24) is 5.32 Å². The Bertz CT molecular complexity index is 435. The SMILES string of the molecule is O=C(NCC(O)C1CC1)c1ccc(I)c(Cl)c1. The fourth-order valence-corrected chi connectivity index (χ4v) is 2.10. The molecule has 5 heteroatoms. The molecule has 0 radical (unpaired) electrons. The Labute approximate surface area is 119 Å². The molecule has 1 amide bonds. The molecule has 2 rings (SSSR count). The standard InChI is InChI=1S/C12H13ClINO2/c13-9-5-8(3-4-10(9)14)12(17)15-6-11(16)7-1-2-7/h3-5,7,11,16H,1-2,6H2,(H,15,17). The van der Waals surface area contributed by atoms with E-state index >= 15 is 0 Å². The molecule has 0 saturated heterocycles. The van der Waals surface area contributed by atoms with Gasteiger partial charge in [0.2, 0.25) is 0 Å². The lowest BCUT2D eigenvalue weighted by atomic mass is 10.2. The van der Waals surface area contributed by atoms with Gasteiger partial charge in [-0.2, -0.15) is 0 Å². The Balaban J connectivity index is 1.92. The lowest BCUT2D eigenvalue weighted by Crippen LogP contribution is -2.33. The number of benzene rings is 1. The van der Waals surface area contributed by atoms with Gasteiger partial charge in [-0.3, -0.25) is 4.79 Å². The first-order chi connectivity index (χ1) is 8.08. The van der Waals surface area contributed by atoms with E-state index in [2.05, 4.69) is 27.9 Å². The average molecular weight is 366 g/mol. The lowest BCUT2D eigenvalue weighted by Gasteiger charge is -2.10. The molecule has 0 heterocycles. The molecule has 0 bridgehead atoms. The van der Waals surface area contributed by atoms with Crippen LogP contribution in [0.25, 0.3) is 0 Å². The largest absolute Gasteiger partial charge is 0.391 e. The zero-order valence-electron chi connectivity index (χ0n) is 9.12. The lowest BCUT2D eigenvalue weighted by molar-refractivity contribution is 0.0901. The van der Waals surface area contributed by atoms with Gasteiger partial charge in [-0.25, -0.2) is 0 Å². The Morgan fingerprint density at radius 1 is 1.59 bits per heavy atom. The molecule has 3 nitrogen and oxygen atoms in total. The van der Waals surface area contributed by atoms with Crippen LogP contribution < -0.4 is 5.32 Å². The molecular formula is C12H13ClINO2. The molecule has 17 heavy (non-hydrogen) atoms. The van der Waals surface area contributed by atoms with E-state index in [-0.39, 0.29) is 5.91 Å². The van der Waals surface area contributed by atoms with E-state index in [4.69, 9.17) is 11.6 Å². The number of nitrogens with one attached hydrogen (secondary N) is 1. The first-order valence-electron chi connectivity index (χ1n) is 5.49. The number of halogens is 2. The van der Waals surface area contributed by atoms with Crippen LogP contribution in [0.3, 0.4) is 0 Å². The van der Waals surface area contributed by atoms with E-state index in [1.807, 2.05) is 0 Å². The van der Waals surface area contributed by atoms with Gasteiger partial charge < -0.3 is 10.4 Å². The number of amides is 1. The van der Waals surface area contributed by atoms with E-state index in [1.165, 1.54) is 0 Å². The van der Waals surface area contributed by atoms with E-state index in [9.17, 15) is 9.90 Å². The van der Waals surface area contributed by atoms with Crippen molar-refractivity contribution in [3.05, 3.63) is 32.4 Å². The van der Waals surface area contributed by atoms with Crippen molar-refractivity contribution in [1.29, 1.82) is 0 Å². The smallest absolute Gasteiger partial charge is 0.251 e. The molecule has 1 aliphatic carbocycles. The van der Waals surface area contributed by atoms with Crippen LogP contribution in [0, 0.1) is 9.49 Å². The third kappa shape index (κ3) is 3.56. The average Bonchev–Trinajstić information content (AvgIpc) is 3.13. The summed E-state index contributed by atoms with van der Waals surface area (Å²) in [4.78, 5) is 11.8. The van der Waals surface area contributed by atoms with E-state index in [1.54, 1.807) is 18.2 Å². The van der Waals surface area contributed by atoms with E-state index in [0.717, 1.165) is 16.4 Å². The van der Waals surface area contributed by atoms with Crippen molar-refractivity contribution in [3.63, 3.8) is 0 Å². The number of aliphatic hydroxyl groups excluding tert-OH is 1. The van der Waals surface area contributed by atoms with Crippen molar-refractivity contribution in [3.8, 4) is 0 Å². The number of rotatable bonds is 4. The monoisotopic (exact) mass is 365 g/mol. The molecule has 1 aromatic carbocycles. The fourth-order valence-electron chi connectivity index (χ4n) is 1.58. The number of carbonyl (C=O) groups is 1. The number of hydrogen-bond donors (Lipinski definition) is 2. The van der Waals surface area contributed by atoms with Crippen LogP contribution in [0.2, 0.25) is 5.02 Å². The Hall–Kier alpha value is -0.330. The molecule has 0 spiro atoms. The van der Waals surface area contributed by atoms with Crippen LogP contribution in [0.1, 0.15) is 23.2 Å². The molecule has 1 saturated carbocycles. The van der Waals surface area contributed by atoms with Gasteiger partial charge in [0, 0.05) is 15.7 Å². The van der Waals surface area contributed by atoms with Gasteiger partial charge in [-0.15, -0.1) is 0 Å². The Morgan fingerprint density at radius 2 is 2.29 bits per heavy atom. The quantitative estimate of drug-likeness (QED) is 0.805. The predicted octanol–water partition coefficient (Wildman–Crippen LogP) is 2.45. The van der Waals surface area contributed by atoms with Crippen molar-refractivity contribution in [2.75, 3.05) is 6.54 Å². The molecule has 1 aromatic rings. The molecule has 0 aromatic heterocycles. The van der Waals surface area contributed by atoms with Crippen LogP contribution in [0.5, 0.6) is 0 Å². The Kier molecular flexibility index (Phi) is 4.27. The highest BCUT2D eigenvalue weighted by atomic mass is 127. The van der Waals surface area contributed by atoms with Crippen LogP contribution in [0.4, 0.5) is 0 Å². The van der Waals surface area contributed by atoms with Gasteiger partial charge in [0.15, 0.2) is 0 Å². The van der Waals surface area contributed by atoms with Gasteiger partial charge in [0.25, 0.3) is 5.91 Å². The zero-order chi connectivity index (χ0) is 12.4. The van der Waals surface area contributed by atoms with Crippen LogP contribution >= 0.6 is 34.2 Å². The van der Waals surface area contributed by atoms with Crippen molar-refractivity contribution in [2.45, 2.75) is 18.9 Å². The third-order valence-electron chi connectivity index (χ3n) is 2.82. The zero-order valence-corrected chi connectivity index (χ0v) is 12.0. The van der Waals surface area contributed by atoms with Crippen LogP contribution in [0.15, 0.2) is 18.2 Å². The minimum atomic E-state index is -0.418. The minimum absolute atomic E-state index is 0.192. The predicted molar refractivity (Wildman–Crippen MR) is 75.2 cm³/mol. The maximum atomic E-state index is 11.8. The van der Waals surface area contributed by atoms with Gasteiger partial charge >= 0.3 is 0 Å². The second-order valence-corrected chi connectivity index (χ2v) is 5.81. The summed E-state index contributed by atoms with van der Waals surface area (Å²) in [6.45, 7) is 0.313. The summed E-state index contributed by atoms with van der Waals surface area (Å²) in [6, 6.07) is 5.17. The van der Waals surface area contributed by atoms with Crippen molar-refractivity contribution >= 4 is 40.1 Å². The second-order valence-electron chi connectivity index (χ2n) is 4.24. The summed E-state index contributed by atoms with van der Waals surface area (Å²) in [7, 11) is 0. The maximum Gasteiger partial charge on any atom is 0.251 e. The number of aliphatic hydroxyl groups is 1. The maximum absolute atomic E-state index is 11.8. The summed E-state index contributed by atoms with van der Waals surface area (Å²) < 4.78 is 0.916. The Morgan fingerprint density at radius 3 is 2.88 bits per heavy atom. The highest BCUT2D eigenvalue weighted by Gasteiger charge is 2.29. The van der Waals surface area contributed by atoms with Crippen molar-refractivity contribution in [2.24, 2.45) is 5.92 Å². The first-order valence-corrected chi connectivity index (χ1v) is 6.95. The summed E-state index contributed by atoms with van der Waals surface area (Å²) in [5, 5.41) is 12.9. The first kappa shape index (κ1) is 13.1. The van der Waals surface area contributed by atoms with Gasteiger partial charge in [0.1, 0.15) is 0 Å². The summed E-state index contributed by atoms with van der Waals surface area (Å²) in [5.74, 6) is 0.179. The van der Waals surface area contributed by atoms with Gasteiger partial charge in [-0.1, -0.05) is 11.6 Å². The third-order valence-corrected chi connectivity index (χ3v) is 4.39. The van der Waals surface area contributed by atoms with E-state index in [0.29, 0.717) is 23.0 Å². The number of hydrogen-bond acceptors (Lipinski definition) is 2. The normalized spacial score (nSPS) is 16.6. The second kappa shape index (κ2) is 5.54. The van der Waals surface area contributed by atoms with Crippen molar-refractivity contribution < 1.29 is 9.90 Å². The molecule has 1 unspecified atom stereocenters. The molecule has 1 fully saturated rings. The van der Waals surface area contributed by atoms with E-state index < -0.39 is 6.10 Å². The molecule has 1 aliphatic rings. The van der Waals surface area contributed by atoms with Crippen LogP contribution in [-0.4, -0.2) is 23.7 Å². The van der Waals surface area contributed by atoms with Gasteiger partial charge in [0.05, 0.1) is 11.1 Å². The number of carbonyl (C=O) groups excluding carboxylic acids is 1. The topological polar surface area (TPSA) is 49.3 Å². The molecule has 1 atom stereocenters. The highest BCUT2D eigenvalue weighted by Crippen LogP contribution is 2.32.